The maximum absolute atomic E-state index is 11.5. The van der Waals surface area contributed by atoms with Crippen LogP contribution in [0.1, 0.15) is 10.4 Å². The topological polar surface area (TPSA) is 68.5 Å². The number of hydrogen-bond donors (Lipinski definition) is 1. The molecule has 1 aromatic carbocycles. The van der Waals surface area contributed by atoms with E-state index in [1.807, 2.05) is 0 Å². The van der Waals surface area contributed by atoms with Crippen molar-refractivity contribution in [3.63, 3.8) is 0 Å². The van der Waals surface area contributed by atoms with E-state index in [2.05, 4.69) is 10.3 Å². The Morgan fingerprint density at radius 2 is 2.12 bits per heavy atom. The SMILES string of the molecule is CONC(=O)c1cc2ccccc2oc1=O. The van der Waals surface area contributed by atoms with Gasteiger partial charge in [0.1, 0.15) is 11.1 Å². The number of carbonyl (C=O) groups is 1. The molecule has 0 fully saturated rings. The van der Waals surface area contributed by atoms with E-state index < -0.39 is 11.5 Å². The van der Waals surface area contributed by atoms with Crippen LogP contribution in [0.5, 0.6) is 0 Å². The first-order valence-electron chi connectivity index (χ1n) is 4.58. The summed E-state index contributed by atoms with van der Waals surface area (Å²) in [5, 5.41) is 0.684. The Kier molecular flexibility index (Phi) is 2.70. The molecule has 0 saturated carbocycles. The molecule has 16 heavy (non-hydrogen) atoms. The fourth-order valence-electron chi connectivity index (χ4n) is 1.37. The minimum absolute atomic E-state index is 0.0828. The van der Waals surface area contributed by atoms with Crippen molar-refractivity contribution in [3.8, 4) is 0 Å². The Labute approximate surface area is 90.6 Å². The normalized spacial score (nSPS) is 10.3. The van der Waals surface area contributed by atoms with Crippen LogP contribution in [0.3, 0.4) is 0 Å². The molecule has 0 unspecified atom stereocenters. The third-order valence-electron chi connectivity index (χ3n) is 2.08. The van der Waals surface area contributed by atoms with Gasteiger partial charge in [0.25, 0.3) is 5.91 Å². The van der Waals surface area contributed by atoms with Crippen LogP contribution in [-0.2, 0) is 4.84 Å². The van der Waals surface area contributed by atoms with E-state index >= 15 is 0 Å². The fourth-order valence-corrected chi connectivity index (χ4v) is 1.37. The van der Waals surface area contributed by atoms with Gasteiger partial charge in [-0.3, -0.25) is 9.63 Å². The summed E-state index contributed by atoms with van der Waals surface area (Å²) in [5.41, 5.74) is 1.74. The van der Waals surface area contributed by atoms with Crippen molar-refractivity contribution >= 4 is 16.9 Å². The van der Waals surface area contributed by atoms with Gasteiger partial charge in [-0.25, -0.2) is 10.3 Å². The van der Waals surface area contributed by atoms with Crippen molar-refractivity contribution < 1.29 is 14.0 Å². The first-order valence-corrected chi connectivity index (χ1v) is 4.58. The van der Waals surface area contributed by atoms with Crippen LogP contribution in [0.25, 0.3) is 11.0 Å². The third-order valence-corrected chi connectivity index (χ3v) is 2.08. The molecule has 0 saturated heterocycles. The molecule has 1 N–H and O–H groups in total. The Morgan fingerprint density at radius 1 is 1.38 bits per heavy atom. The van der Waals surface area contributed by atoms with Gasteiger partial charge < -0.3 is 4.42 Å². The van der Waals surface area contributed by atoms with Crippen molar-refractivity contribution in [2.45, 2.75) is 0 Å². The summed E-state index contributed by atoms with van der Waals surface area (Å²) in [6, 6.07) is 8.42. The van der Waals surface area contributed by atoms with Gasteiger partial charge in [-0.05, 0) is 12.1 Å². The van der Waals surface area contributed by atoms with E-state index in [1.54, 1.807) is 24.3 Å². The monoisotopic (exact) mass is 219 g/mol. The quantitative estimate of drug-likeness (QED) is 0.606. The van der Waals surface area contributed by atoms with Gasteiger partial charge in [0.2, 0.25) is 0 Å². The predicted octanol–water partition coefficient (Wildman–Crippen LogP) is 1.08. The number of amides is 1. The molecule has 0 aliphatic rings. The smallest absolute Gasteiger partial charge is 0.349 e. The standard InChI is InChI=1S/C11H9NO4/c1-15-12-10(13)8-6-7-4-2-3-5-9(7)16-11(8)14/h2-6H,1H3,(H,12,13). The van der Waals surface area contributed by atoms with Gasteiger partial charge in [-0.1, -0.05) is 18.2 Å². The first-order chi connectivity index (χ1) is 7.72. The van der Waals surface area contributed by atoms with Crippen LogP contribution < -0.4 is 11.1 Å². The van der Waals surface area contributed by atoms with Crippen LogP contribution in [0.4, 0.5) is 0 Å². The van der Waals surface area contributed by atoms with E-state index in [4.69, 9.17) is 4.42 Å². The number of fused-ring (bicyclic) bond motifs is 1. The molecule has 1 amide bonds. The summed E-state index contributed by atoms with van der Waals surface area (Å²) in [7, 11) is 1.29. The van der Waals surface area contributed by atoms with Crippen molar-refractivity contribution in [2.75, 3.05) is 7.11 Å². The largest absolute Gasteiger partial charge is 0.422 e. The third kappa shape index (κ3) is 1.80. The lowest BCUT2D eigenvalue weighted by Crippen LogP contribution is -2.27. The Balaban J connectivity index is 2.58. The molecule has 0 radical (unpaired) electrons. The van der Waals surface area contributed by atoms with Crippen molar-refractivity contribution in [3.05, 3.63) is 46.3 Å². The molecule has 0 aliphatic carbocycles. The predicted molar refractivity (Wildman–Crippen MR) is 57.0 cm³/mol. The molecule has 1 heterocycles. The van der Waals surface area contributed by atoms with Crippen molar-refractivity contribution in [1.82, 2.24) is 5.48 Å². The lowest BCUT2D eigenvalue weighted by atomic mass is 10.2. The number of para-hydroxylation sites is 1. The zero-order valence-electron chi connectivity index (χ0n) is 8.52. The molecule has 0 bridgehead atoms. The molecule has 82 valence electrons. The van der Waals surface area contributed by atoms with Crippen molar-refractivity contribution in [2.24, 2.45) is 0 Å². The molecule has 0 aliphatic heterocycles. The second-order valence-corrected chi connectivity index (χ2v) is 3.12. The van der Waals surface area contributed by atoms with Gasteiger partial charge in [0.15, 0.2) is 0 Å². The molecule has 1 aromatic heterocycles. The van der Waals surface area contributed by atoms with Crippen LogP contribution in [0, 0.1) is 0 Å². The number of nitrogens with one attached hydrogen (secondary N) is 1. The van der Waals surface area contributed by atoms with Gasteiger partial charge in [0.05, 0.1) is 7.11 Å². The summed E-state index contributed by atoms with van der Waals surface area (Å²) in [6.07, 6.45) is 0. The highest BCUT2D eigenvalue weighted by Gasteiger charge is 2.12. The minimum Gasteiger partial charge on any atom is -0.422 e. The highest BCUT2D eigenvalue weighted by atomic mass is 16.6. The van der Waals surface area contributed by atoms with Gasteiger partial charge >= 0.3 is 5.63 Å². The summed E-state index contributed by atoms with van der Waals surface area (Å²) in [6.45, 7) is 0. The van der Waals surface area contributed by atoms with E-state index in [0.29, 0.717) is 11.0 Å². The molecule has 5 nitrogen and oxygen atoms in total. The maximum Gasteiger partial charge on any atom is 0.349 e. The number of benzene rings is 1. The average molecular weight is 219 g/mol. The van der Waals surface area contributed by atoms with Crippen LogP contribution in [0.15, 0.2) is 39.5 Å². The summed E-state index contributed by atoms with van der Waals surface area (Å²) >= 11 is 0. The lowest BCUT2D eigenvalue weighted by Gasteiger charge is -2.01. The number of rotatable bonds is 2. The van der Waals surface area contributed by atoms with Crippen molar-refractivity contribution in [1.29, 1.82) is 0 Å². The molecule has 2 aromatic rings. The Hall–Kier alpha value is -2.14. The molecule has 2 rings (SSSR count). The fraction of sp³-hybridized carbons (Fsp3) is 0.0909. The minimum atomic E-state index is -0.687. The zero-order valence-corrected chi connectivity index (χ0v) is 8.52. The van der Waals surface area contributed by atoms with Crippen LogP contribution in [0.2, 0.25) is 0 Å². The van der Waals surface area contributed by atoms with Crippen LogP contribution in [-0.4, -0.2) is 13.0 Å². The number of hydroxylamine groups is 1. The number of carbonyl (C=O) groups excluding carboxylic acids is 1. The molecule has 5 heteroatoms. The summed E-state index contributed by atoms with van der Waals surface area (Å²) in [4.78, 5) is 27.3. The van der Waals surface area contributed by atoms with E-state index in [-0.39, 0.29) is 5.56 Å². The lowest BCUT2D eigenvalue weighted by molar-refractivity contribution is 0.0534. The number of hydrogen-bond acceptors (Lipinski definition) is 4. The van der Waals surface area contributed by atoms with Crippen LogP contribution >= 0.6 is 0 Å². The molecular weight excluding hydrogens is 210 g/mol. The summed E-state index contributed by atoms with van der Waals surface area (Å²) in [5.74, 6) is -0.623. The second kappa shape index (κ2) is 4.16. The molecule has 0 spiro atoms. The Morgan fingerprint density at radius 3 is 2.88 bits per heavy atom. The maximum atomic E-state index is 11.5. The molecular formula is C11H9NO4. The van der Waals surface area contributed by atoms with E-state index in [9.17, 15) is 9.59 Å². The zero-order chi connectivity index (χ0) is 11.5. The highest BCUT2D eigenvalue weighted by Crippen LogP contribution is 2.12. The summed E-state index contributed by atoms with van der Waals surface area (Å²) < 4.78 is 4.99. The second-order valence-electron chi connectivity index (χ2n) is 3.12. The van der Waals surface area contributed by atoms with Gasteiger partial charge in [-0.2, -0.15) is 0 Å². The van der Waals surface area contributed by atoms with E-state index in [0.717, 1.165) is 0 Å². The van der Waals surface area contributed by atoms with Gasteiger partial charge in [-0.15, -0.1) is 0 Å². The average Bonchev–Trinajstić information content (AvgIpc) is 2.28. The first kappa shape index (κ1) is 10.4. The van der Waals surface area contributed by atoms with Gasteiger partial charge in [0, 0.05) is 5.39 Å². The Bertz CT molecular complexity index is 588. The highest BCUT2D eigenvalue weighted by molar-refractivity contribution is 5.95. The molecule has 0 atom stereocenters. The van der Waals surface area contributed by atoms with E-state index in [1.165, 1.54) is 13.2 Å².